The quantitative estimate of drug-likeness (QED) is 0.0270. The van der Waals surface area contributed by atoms with Gasteiger partial charge in [0.2, 0.25) is 0 Å². The molecule has 0 atom stereocenters. The van der Waals surface area contributed by atoms with Crippen molar-refractivity contribution in [3.8, 4) is 34.7 Å². The van der Waals surface area contributed by atoms with Gasteiger partial charge in [0.15, 0.2) is 37.4 Å². The van der Waals surface area contributed by atoms with E-state index in [2.05, 4.69) is 51.1 Å². The fourth-order valence-electron chi connectivity index (χ4n) is 8.12. The first-order valence-electron chi connectivity index (χ1n) is 24.3. The molecule has 0 unspecified atom stereocenters. The number of aromatic carboxylic acids is 1. The number of azo groups is 2. The third-order valence-corrected chi connectivity index (χ3v) is 14.1. The molecule has 0 saturated heterocycles. The summed E-state index contributed by atoms with van der Waals surface area (Å²) in [5.74, 6) is -2.91. The van der Waals surface area contributed by atoms with Crippen molar-refractivity contribution in [3.63, 3.8) is 0 Å². The van der Waals surface area contributed by atoms with Crippen LogP contribution in [0.5, 0.6) is 0 Å². The standard InChI is InChI=1S/C55H46N16O6S2/c1-7-68(25-27-76-6)54-61-44(35-17-11-9-12-18-35)48(78-54)64-66-52-60-42(30-56)43(31-57)70(52)32-38-21-15-16-22-39(38)33-71-47(59-5)46(58-4)63-53(71)67-65-49-45(36-19-13-10-14-20-36)62-55(79-49)69(8-2)26-28-77-51(75)37-23-24-40(34(3)72)41(29-37)50(73)74/h9-24,29H,7-8,25-28,32-33H2,1-3,6H3,(H,73,74). The third kappa shape index (κ3) is 12.4. The average molecular weight is 1090 g/mol. The van der Waals surface area contributed by atoms with Crippen LogP contribution in [0.25, 0.3) is 32.2 Å². The summed E-state index contributed by atoms with van der Waals surface area (Å²) in [5.41, 5.74) is 3.35. The first-order chi connectivity index (χ1) is 38.4. The highest BCUT2D eigenvalue weighted by Crippen LogP contribution is 2.43. The van der Waals surface area contributed by atoms with Crippen LogP contribution in [0.3, 0.4) is 0 Å². The number of rotatable bonds is 23. The highest BCUT2D eigenvalue weighted by atomic mass is 32.1. The number of esters is 1. The van der Waals surface area contributed by atoms with Gasteiger partial charge in [-0.2, -0.15) is 15.5 Å². The Morgan fingerprint density at radius 3 is 1.73 bits per heavy atom. The van der Waals surface area contributed by atoms with Crippen LogP contribution in [0.1, 0.15) is 74.4 Å². The Morgan fingerprint density at radius 1 is 0.696 bits per heavy atom. The molecule has 8 rings (SSSR count). The van der Waals surface area contributed by atoms with Gasteiger partial charge < -0.3 is 34.1 Å². The number of carboxylic acid groups (broad SMARTS) is 1. The number of hydrogen-bond acceptors (Lipinski definition) is 19. The fraction of sp³-hybridized carbons (Fsp3) is 0.218. The maximum Gasteiger partial charge on any atom is 0.417 e. The zero-order valence-corrected chi connectivity index (χ0v) is 44.6. The van der Waals surface area contributed by atoms with Gasteiger partial charge >= 0.3 is 17.9 Å². The Kier molecular flexibility index (Phi) is 17.9. The number of anilines is 2. The number of carbonyl (C=O) groups excluding carboxylic acids is 2. The van der Waals surface area contributed by atoms with Crippen LogP contribution in [-0.4, -0.2) is 98.4 Å². The normalized spacial score (nSPS) is 11.0. The number of thiazole rings is 2. The van der Waals surface area contributed by atoms with Crippen LogP contribution in [0.4, 0.5) is 43.8 Å². The van der Waals surface area contributed by atoms with Gasteiger partial charge in [-0.25, -0.2) is 24.1 Å². The van der Waals surface area contributed by atoms with Crippen molar-refractivity contribution in [3.05, 3.63) is 165 Å². The summed E-state index contributed by atoms with van der Waals surface area (Å²) in [6, 6.07) is 33.9. The number of aromatic nitrogens is 6. The number of carboxylic acids is 1. The largest absolute Gasteiger partial charge is 0.478 e. The highest BCUT2D eigenvalue weighted by molar-refractivity contribution is 7.20. The van der Waals surface area contributed by atoms with Gasteiger partial charge in [0.1, 0.15) is 36.7 Å². The number of carbonyl (C=O) groups is 3. The Bertz CT molecular complexity index is 3800. The molecule has 0 fully saturated rings. The lowest BCUT2D eigenvalue weighted by atomic mass is 10.0. The van der Waals surface area contributed by atoms with E-state index < -0.39 is 17.7 Å². The lowest BCUT2D eigenvalue weighted by molar-refractivity contribution is 0.0515. The summed E-state index contributed by atoms with van der Waals surface area (Å²) in [6.45, 7) is 23.5. The molecule has 8 aromatic rings. The van der Waals surface area contributed by atoms with Gasteiger partial charge in [0.25, 0.3) is 17.6 Å². The SMILES string of the molecule is [C-]#[N+]c1nc(N=Nc2sc(N(CC)CCOC(=O)c3ccc(C(C)=O)c(C(=O)O)c3)nc2-c2ccccc2)n(Cc2ccccc2Cn2c(N=Nc3sc(N(CC)CCOC)nc3-c3ccccc3)nc(C#N)c2C#N)c1[N+]#[C-]. The second kappa shape index (κ2) is 25.6. The number of ketones is 1. The topological polar surface area (TPSA) is 264 Å². The zero-order valence-electron chi connectivity index (χ0n) is 42.9. The number of ether oxygens (including phenoxy) is 2. The van der Waals surface area contributed by atoms with E-state index >= 15 is 0 Å². The molecule has 0 aliphatic heterocycles. The first kappa shape index (κ1) is 55.1. The number of hydrogen-bond donors (Lipinski definition) is 1. The summed E-state index contributed by atoms with van der Waals surface area (Å²) in [6.07, 6.45) is 0. The molecule has 1 N–H and O–H groups in total. The summed E-state index contributed by atoms with van der Waals surface area (Å²) in [7, 11) is 1.64. The molecule has 0 bridgehead atoms. The summed E-state index contributed by atoms with van der Waals surface area (Å²) in [5, 5.41) is 50.7. The van der Waals surface area contributed by atoms with Crippen molar-refractivity contribution in [2.75, 3.05) is 56.3 Å². The monoisotopic (exact) mass is 1090 g/mol. The number of Topliss-reactive ketones (excluding diaryl/α,β-unsaturated/α-hetero) is 1. The maximum atomic E-state index is 13.1. The maximum absolute atomic E-state index is 13.1. The number of imidazole rings is 2. The molecule has 4 heterocycles. The minimum Gasteiger partial charge on any atom is -0.478 e. The van der Waals surface area contributed by atoms with E-state index in [1.165, 1.54) is 50.9 Å². The Hall–Kier alpha value is -10.1. The summed E-state index contributed by atoms with van der Waals surface area (Å²) in [4.78, 5) is 66.8. The van der Waals surface area contributed by atoms with E-state index in [9.17, 15) is 30.0 Å². The summed E-state index contributed by atoms with van der Waals surface area (Å²) >= 11 is 2.53. The number of nitriles is 2. The van der Waals surface area contributed by atoms with Gasteiger partial charge in [-0.1, -0.05) is 131 Å². The van der Waals surface area contributed by atoms with E-state index in [0.717, 1.165) is 17.2 Å². The molecule has 394 valence electrons. The molecule has 0 saturated carbocycles. The summed E-state index contributed by atoms with van der Waals surface area (Å²) < 4.78 is 13.9. The molecule has 79 heavy (non-hydrogen) atoms. The third-order valence-electron chi connectivity index (χ3n) is 12.1. The molecule has 4 aromatic carbocycles. The molecule has 0 aliphatic carbocycles. The van der Waals surface area contributed by atoms with Crippen molar-refractivity contribution < 1.29 is 29.0 Å². The second-order valence-corrected chi connectivity index (χ2v) is 18.8. The fourth-order valence-corrected chi connectivity index (χ4v) is 10.1. The molecule has 0 aliphatic rings. The lowest BCUT2D eigenvalue weighted by Crippen LogP contribution is -2.28. The number of benzene rings is 4. The predicted octanol–water partition coefficient (Wildman–Crippen LogP) is 12.2. The van der Waals surface area contributed by atoms with E-state index in [0.29, 0.717) is 69.0 Å². The Morgan fingerprint density at radius 2 is 1.24 bits per heavy atom. The molecule has 24 heteroatoms. The molecule has 4 aromatic heterocycles. The van der Waals surface area contributed by atoms with Crippen LogP contribution >= 0.6 is 22.7 Å². The van der Waals surface area contributed by atoms with Crippen molar-refractivity contribution in [2.45, 2.75) is 33.9 Å². The highest BCUT2D eigenvalue weighted by Gasteiger charge is 2.27. The van der Waals surface area contributed by atoms with Crippen LogP contribution in [-0.2, 0) is 22.6 Å². The molecule has 22 nitrogen and oxygen atoms in total. The minimum absolute atomic E-state index is 0.00608. The van der Waals surface area contributed by atoms with Gasteiger partial charge in [-0.15, -0.1) is 15.3 Å². The number of likely N-dealkylation sites (N-methyl/N-ethyl adjacent to an activating group) is 2. The predicted molar refractivity (Wildman–Crippen MR) is 296 cm³/mol. The number of methoxy groups -OCH3 is 1. The van der Waals surface area contributed by atoms with E-state index in [4.69, 9.17) is 32.6 Å². The van der Waals surface area contributed by atoms with Crippen LogP contribution in [0.15, 0.2) is 124 Å². The van der Waals surface area contributed by atoms with Gasteiger partial charge in [-0.05, 0) is 50.1 Å². The van der Waals surface area contributed by atoms with Gasteiger partial charge in [-0.3, -0.25) is 9.36 Å². The average Bonchev–Trinajstić information content (AvgIpc) is 4.40. The molecule has 0 radical (unpaired) electrons. The van der Waals surface area contributed by atoms with E-state index in [-0.39, 0.29) is 77.9 Å². The minimum atomic E-state index is -1.35. The van der Waals surface area contributed by atoms with Gasteiger partial charge in [0, 0.05) is 43.4 Å². The van der Waals surface area contributed by atoms with Crippen molar-refractivity contribution >= 4 is 84.2 Å². The zero-order chi connectivity index (χ0) is 56.0. The van der Waals surface area contributed by atoms with Crippen LogP contribution < -0.4 is 9.80 Å². The van der Waals surface area contributed by atoms with Gasteiger partial charge in [0.05, 0.1) is 30.8 Å². The van der Waals surface area contributed by atoms with E-state index in [1.807, 2.05) is 97.6 Å². The first-order valence-corrected chi connectivity index (χ1v) is 25.9. The van der Waals surface area contributed by atoms with Crippen molar-refractivity contribution in [1.29, 1.82) is 10.5 Å². The Balaban J connectivity index is 1.09. The smallest absolute Gasteiger partial charge is 0.417 e. The van der Waals surface area contributed by atoms with Crippen molar-refractivity contribution in [2.24, 2.45) is 20.5 Å². The molecular formula is C55H46N16O6S2. The Labute approximate surface area is 461 Å². The molecular weight excluding hydrogens is 1040 g/mol. The molecule has 0 amide bonds. The van der Waals surface area contributed by atoms with E-state index in [1.54, 1.807) is 19.2 Å². The van der Waals surface area contributed by atoms with Crippen molar-refractivity contribution in [1.82, 2.24) is 29.1 Å². The lowest BCUT2D eigenvalue weighted by Gasteiger charge is -2.19. The van der Waals surface area contributed by atoms with Crippen LogP contribution in [0, 0.1) is 35.8 Å². The number of nitrogens with zero attached hydrogens (tertiary/aromatic N) is 16. The second-order valence-electron chi connectivity index (χ2n) is 16.9. The molecule has 0 spiro atoms. The van der Waals surface area contributed by atoms with Crippen LogP contribution in [0.2, 0.25) is 0 Å².